The highest BCUT2D eigenvalue weighted by atomic mass is 32.2. The van der Waals surface area contributed by atoms with E-state index < -0.39 is 22.1 Å². The van der Waals surface area contributed by atoms with Gasteiger partial charge in [0.1, 0.15) is 0 Å². The summed E-state index contributed by atoms with van der Waals surface area (Å²) in [6.07, 6.45) is 1.84. The average Bonchev–Trinajstić information content (AvgIpc) is 2.54. The van der Waals surface area contributed by atoms with Crippen molar-refractivity contribution in [2.24, 2.45) is 5.92 Å². The number of carbonyl (C=O) groups is 1. The summed E-state index contributed by atoms with van der Waals surface area (Å²) in [6.45, 7) is 1.31. The minimum Gasteiger partial charge on any atom is -0.481 e. The number of hydrogen-bond acceptors (Lipinski definition) is 3. The van der Waals surface area contributed by atoms with Crippen LogP contribution in [0.15, 0.2) is 24.3 Å². The van der Waals surface area contributed by atoms with E-state index in [4.69, 9.17) is 5.11 Å². The molecule has 3 rings (SSSR count). The van der Waals surface area contributed by atoms with E-state index in [9.17, 15) is 13.2 Å². The van der Waals surface area contributed by atoms with Gasteiger partial charge in [0.25, 0.3) is 10.2 Å². The van der Waals surface area contributed by atoms with E-state index in [0.29, 0.717) is 38.9 Å². The van der Waals surface area contributed by atoms with Crippen LogP contribution in [0.25, 0.3) is 0 Å². The predicted molar refractivity (Wildman–Crippen MR) is 81.4 cm³/mol. The molecule has 1 aromatic carbocycles. The third-order valence-corrected chi connectivity index (χ3v) is 6.43. The molecule has 22 heavy (non-hydrogen) atoms. The highest BCUT2D eigenvalue weighted by molar-refractivity contribution is 7.86. The molecule has 1 N–H and O–H groups in total. The minimum absolute atomic E-state index is 0.0792. The highest BCUT2D eigenvalue weighted by Gasteiger charge is 2.36. The summed E-state index contributed by atoms with van der Waals surface area (Å²) in [5.41, 5.74) is 2.22. The van der Waals surface area contributed by atoms with Gasteiger partial charge in [-0.1, -0.05) is 24.3 Å². The second-order valence-electron chi connectivity index (χ2n) is 5.90. The Balaban J connectivity index is 1.78. The van der Waals surface area contributed by atoms with E-state index in [-0.39, 0.29) is 6.54 Å². The molecule has 2 aliphatic heterocycles. The van der Waals surface area contributed by atoms with Crippen LogP contribution in [-0.2, 0) is 28.0 Å². The van der Waals surface area contributed by atoms with Gasteiger partial charge in [-0.2, -0.15) is 17.0 Å². The predicted octanol–water partition coefficient (Wildman–Crippen LogP) is 1.09. The van der Waals surface area contributed by atoms with Gasteiger partial charge < -0.3 is 5.11 Å². The van der Waals surface area contributed by atoms with Crippen molar-refractivity contribution in [2.75, 3.05) is 19.6 Å². The lowest BCUT2D eigenvalue weighted by molar-refractivity contribution is -0.142. The van der Waals surface area contributed by atoms with Gasteiger partial charge in [0.05, 0.1) is 5.92 Å². The zero-order chi connectivity index (χ0) is 15.7. The van der Waals surface area contributed by atoms with Crippen LogP contribution in [0.1, 0.15) is 24.0 Å². The zero-order valence-electron chi connectivity index (χ0n) is 12.3. The molecule has 0 amide bonds. The number of benzene rings is 1. The van der Waals surface area contributed by atoms with Crippen molar-refractivity contribution in [3.63, 3.8) is 0 Å². The first kappa shape index (κ1) is 15.5. The Morgan fingerprint density at radius 1 is 1.14 bits per heavy atom. The molecule has 6 nitrogen and oxygen atoms in total. The van der Waals surface area contributed by atoms with Crippen LogP contribution in [0.5, 0.6) is 0 Å². The van der Waals surface area contributed by atoms with Crippen LogP contribution in [0.2, 0.25) is 0 Å². The van der Waals surface area contributed by atoms with Gasteiger partial charge >= 0.3 is 5.97 Å². The van der Waals surface area contributed by atoms with Crippen LogP contribution in [0.3, 0.4) is 0 Å². The minimum atomic E-state index is -3.59. The molecule has 0 aliphatic carbocycles. The van der Waals surface area contributed by atoms with Gasteiger partial charge in [-0.3, -0.25) is 4.79 Å². The molecule has 2 heterocycles. The SMILES string of the molecule is O=C(O)C1CCCN(S(=O)(=O)N2CCc3ccccc3C2)C1. The lowest BCUT2D eigenvalue weighted by Crippen LogP contribution is -2.50. The lowest BCUT2D eigenvalue weighted by Gasteiger charge is -2.36. The number of carboxylic acids is 1. The van der Waals surface area contributed by atoms with Crippen LogP contribution in [-0.4, -0.2) is 47.7 Å². The molecule has 1 saturated heterocycles. The molecule has 0 bridgehead atoms. The van der Waals surface area contributed by atoms with Gasteiger partial charge in [-0.05, 0) is 30.4 Å². The fourth-order valence-electron chi connectivity index (χ4n) is 3.18. The van der Waals surface area contributed by atoms with Gasteiger partial charge in [-0.15, -0.1) is 0 Å². The van der Waals surface area contributed by atoms with Crippen molar-refractivity contribution >= 4 is 16.2 Å². The van der Waals surface area contributed by atoms with Crippen LogP contribution in [0.4, 0.5) is 0 Å². The monoisotopic (exact) mass is 324 g/mol. The second kappa shape index (κ2) is 5.98. The Hall–Kier alpha value is -1.44. The first-order valence-corrected chi connectivity index (χ1v) is 8.93. The van der Waals surface area contributed by atoms with E-state index in [1.54, 1.807) is 0 Å². The van der Waals surface area contributed by atoms with Crippen LogP contribution >= 0.6 is 0 Å². The second-order valence-corrected chi connectivity index (χ2v) is 7.82. The number of carboxylic acid groups (broad SMARTS) is 1. The molecule has 1 unspecified atom stereocenters. The quantitative estimate of drug-likeness (QED) is 0.903. The fourth-order valence-corrected chi connectivity index (χ4v) is 4.86. The van der Waals surface area contributed by atoms with Crippen LogP contribution < -0.4 is 0 Å². The summed E-state index contributed by atoms with van der Waals surface area (Å²) in [5.74, 6) is -1.51. The first-order valence-electron chi connectivity index (χ1n) is 7.53. The maximum atomic E-state index is 12.8. The third-order valence-electron chi connectivity index (χ3n) is 4.48. The number of rotatable bonds is 3. The Morgan fingerprint density at radius 3 is 2.59 bits per heavy atom. The molecule has 0 spiro atoms. The Kier molecular flexibility index (Phi) is 4.20. The molecule has 1 aromatic rings. The van der Waals surface area contributed by atoms with Gasteiger partial charge in [0.15, 0.2) is 0 Å². The lowest BCUT2D eigenvalue weighted by atomic mass is 10.0. The van der Waals surface area contributed by atoms with E-state index >= 15 is 0 Å². The van der Waals surface area contributed by atoms with Gasteiger partial charge in [0, 0.05) is 26.2 Å². The first-order chi connectivity index (χ1) is 10.5. The smallest absolute Gasteiger partial charge is 0.307 e. The van der Waals surface area contributed by atoms with Crippen molar-refractivity contribution in [1.29, 1.82) is 0 Å². The van der Waals surface area contributed by atoms with Gasteiger partial charge in [0.2, 0.25) is 0 Å². The molecule has 0 saturated carbocycles. The average molecular weight is 324 g/mol. The van der Waals surface area contributed by atoms with Crippen molar-refractivity contribution in [3.8, 4) is 0 Å². The van der Waals surface area contributed by atoms with E-state index in [2.05, 4.69) is 0 Å². The van der Waals surface area contributed by atoms with Crippen molar-refractivity contribution in [1.82, 2.24) is 8.61 Å². The van der Waals surface area contributed by atoms with Crippen molar-refractivity contribution in [2.45, 2.75) is 25.8 Å². The summed E-state index contributed by atoms with van der Waals surface area (Å²) in [6, 6.07) is 7.86. The summed E-state index contributed by atoms with van der Waals surface area (Å²) < 4.78 is 28.4. The molecule has 7 heteroatoms. The van der Waals surface area contributed by atoms with E-state index in [1.807, 2.05) is 24.3 Å². The largest absolute Gasteiger partial charge is 0.481 e. The Morgan fingerprint density at radius 2 is 1.86 bits per heavy atom. The highest BCUT2D eigenvalue weighted by Crippen LogP contribution is 2.26. The summed E-state index contributed by atoms with van der Waals surface area (Å²) in [5, 5.41) is 9.13. The normalized spacial score (nSPS) is 23.9. The molecule has 120 valence electrons. The van der Waals surface area contributed by atoms with Gasteiger partial charge in [-0.25, -0.2) is 0 Å². The summed E-state index contributed by atoms with van der Waals surface area (Å²) in [7, 11) is -3.59. The molecule has 0 aromatic heterocycles. The topological polar surface area (TPSA) is 77.9 Å². The maximum absolute atomic E-state index is 12.8. The van der Waals surface area contributed by atoms with E-state index in [1.165, 1.54) is 14.2 Å². The zero-order valence-corrected chi connectivity index (χ0v) is 13.1. The molecule has 1 fully saturated rings. The molecule has 1 atom stereocenters. The number of nitrogens with zero attached hydrogens (tertiary/aromatic N) is 2. The molecular formula is C15H20N2O4S. The number of piperidine rings is 1. The Bertz CT molecular complexity index is 674. The third kappa shape index (κ3) is 2.88. The van der Waals surface area contributed by atoms with Crippen molar-refractivity contribution in [3.05, 3.63) is 35.4 Å². The molecule has 2 aliphatic rings. The van der Waals surface area contributed by atoms with Crippen LogP contribution in [0, 0.1) is 5.92 Å². The molecule has 0 radical (unpaired) electrons. The van der Waals surface area contributed by atoms with Crippen molar-refractivity contribution < 1.29 is 18.3 Å². The molecular weight excluding hydrogens is 304 g/mol. The van der Waals surface area contributed by atoms with E-state index in [0.717, 1.165) is 5.56 Å². The number of hydrogen-bond donors (Lipinski definition) is 1. The number of fused-ring (bicyclic) bond motifs is 1. The maximum Gasteiger partial charge on any atom is 0.307 e. The Labute approximate surface area is 130 Å². The standard InChI is InChI=1S/C15H20N2O4S/c18-15(19)14-6-3-8-16(11-14)22(20,21)17-9-7-12-4-1-2-5-13(12)10-17/h1-2,4-5,14H,3,6-11H2,(H,18,19). The summed E-state index contributed by atoms with van der Waals surface area (Å²) >= 11 is 0. The number of aliphatic carboxylic acids is 1. The summed E-state index contributed by atoms with van der Waals surface area (Å²) in [4.78, 5) is 11.1. The fraction of sp³-hybridized carbons (Fsp3) is 0.533.